The molecule has 0 spiro atoms. The van der Waals surface area contributed by atoms with Crippen LogP contribution in [-0.2, 0) is 6.54 Å². The van der Waals surface area contributed by atoms with E-state index in [-0.39, 0.29) is 18.1 Å². The second kappa shape index (κ2) is 6.91. The number of non-ortho nitro benzene ring substituents is 1. The Morgan fingerprint density at radius 2 is 1.84 bits per heavy atom. The second-order valence-electron chi connectivity index (χ2n) is 5.34. The van der Waals surface area contributed by atoms with Crippen molar-refractivity contribution in [1.29, 1.82) is 0 Å². The van der Waals surface area contributed by atoms with Crippen molar-refractivity contribution in [3.63, 3.8) is 0 Å². The Bertz CT molecular complexity index is 891. The van der Waals surface area contributed by atoms with Crippen molar-refractivity contribution in [2.45, 2.75) is 6.54 Å². The van der Waals surface area contributed by atoms with Gasteiger partial charge in [0.25, 0.3) is 11.6 Å². The average Bonchev–Trinajstić information content (AvgIpc) is 3.10. The first-order valence-corrected chi connectivity index (χ1v) is 7.42. The SMILES string of the molecule is CN(Cc1nc(-c2ccccc2)no1)C(=O)c1ccc([N+](=O)[O-])cc1. The van der Waals surface area contributed by atoms with Gasteiger partial charge in [0.1, 0.15) is 0 Å². The van der Waals surface area contributed by atoms with Crippen molar-refractivity contribution in [3.8, 4) is 11.4 Å². The third-order valence-electron chi connectivity index (χ3n) is 3.54. The van der Waals surface area contributed by atoms with Crippen LogP contribution >= 0.6 is 0 Å². The molecule has 8 heteroatoms. The predicted molar refractivity (Wildman–Crippen MR) is 88.6 cm³/mol. The molecule has 1 aromatic heterocycles. The summed E-state index contributed by atoms with van der Waals surface area (Å²) in [6, 6.07) is 14.8. The number of nitrogens with zero attached hydrogens (tertiary/aromatic N) is 4. The summed E-state index contributed by atoms with van der Waals surface area (Å²) in [5.74, 6) is 0.456. The third kappa shape index (κ3) is 3.69. The minimum absolute atomic E-state index is 0.0661. The molecule has 0 saturated heterocycles. The number of nitro groups is 1. The molecule has 0 fully saturated rings. The van der Waals surface area contributed by atoms with Crippen molar-refractivity contribution in [2.75, 3.05) is 7.05 Å². The number of aromatic nitrogens is 2. The third-order valence-corrected chi connectivity index (χ3v) is 3.54. The molecule has 0 radical (unpaired) electrons. The van der Waals surface area contributed by atoms with Gasteiger partial charge in [-0.2, -0.15) is 4.98 Å². The quantitative estimate of drug-likeness (QED) is 0.523. The fourth-order valence-corrected chi connectivity index (χ4v) is 2.24. The molecule has 126 valence electrons. The summed E-state index contributed by atoms with van der Waals surface area (Å²) in [5, 5.41) is 14.6. The highest BCUT2D eigenvalue weighted by Crippen LogP contribution is 2.17. The lowest BCUT2D eigenvalue weighted by Gasteiger charge is -2.14. The van der Waals surface area contributed by atoms with E-state index >= 15 is 0 Å². The second-order valence-corrected chi connectivity index (χ2v) is 5.34. The monoisotopic (exact) mass is 338 g/mol. The standard InChI is InChI=1S/C17H14N4O4/c1-20(17(22)13-7-9-14(10-8-13)21(23)24)11-15-18-16(19-25-15)12-5-3-2-4-6-12/h2-10H,11H2,1H3. The molecule has 3 rings (SSSR count). The van der Waals surface area contributed by atoms with Crippen molar-refractivity contribution in [3.05, 3.63) is 76.2 Å². The van der Waals surface area contributed by atoms with E-state index < -0.39 is 4.92 Å². The summed E-state index contributed by atoms with van der Waals surface area (Å²) in [6.45, 7) is 0.135. The fraction of sp³-hybridized carbons (Fsp3) is 0.118. The molecule has 0 aliphatic rings. The minimum Gasteiger partial charge on any atom is -0.337 e. The van der Waals surface area contributed by atoms with E-state index in [0.29, 0.717) is 17.3 Å². The Hall–Kier alpha value is -3.55. The van der Waals surface area contributed by atoms with Crippen LogP contribution in [0.1, 0.15) is 16.2 Å². The summed E-state index contributed by atoms with van der Waals surface area (Å²) >= 11 is 0. The van der Waals surface area contributed by atoms with Crippen molar-refractivity contribution in [2.24, 2.45) is 0 Å². The molecular formula is C17H14N4O4. The normalized spacial score (nSPS) is 10.4. The van der Waals surface area contributed by atoms with Crippen LogP contribution in [0, 0.1) is 10.1 Å². The van der Waals surface area contributed by atoms with Crippen LogP contribution in [-0.4, -0.2) is 32.9 Å². The van der Waals surface area contributed by atoms with Gasteiger partial charge in [-0.05, 0) is 12.1 Å². The lowest BCUT2D eigenvalue weighted by Crippen LogP contribution is -2.26. The highest BCUT2D eigenvalue weighted by atomic mass is 16.6. The van der Waals surface area contributed by atoms with Crippen LogP contribution in [0.15, 0.2) is 59.1 Å². The molecule has 0 unspecified atom stereocenters. The summed E-state index contributed by atoms with van der Waals surface area (Å²) in [6.07, 6.45) is 0. The zero-order chi connectivity index (χ0) is 17.8. The highest BCUT2D eigenvalue weighted by Gasteiger charge is 2.17. The van der Waals surface area contributed by atoms with Gasteiger partial charge in [-0.3, -0.25) is 14.9 Å². The first-order valence-electron chi connectivity index (χ1n) is 7.42. The van der Waals surface area contributed by atoms with Gasteiger partial charge in [0.2, 0.25) is 11.7 Å². The Balaban J connectivity index is 1.69. The van der Waals surface area contributed by atoms with E-state index in [9.17, 15) is 14.9 Å². The Morgan fingerprint density at radius 3 is 2.48 bits per heavy atom. The number of carbonyl (C=O) groups excluding carboxylic acids is 1. The molecule has 3 aromatic rings. The number of hydrogen-bond donors (Lipinski definition) is 0. The molecule has 2 aromatic carbocycles. The average molecular weight is 338 g/mol. The maximum atomic E-state index is 12.4. The molecule has 8 nitrogen and oxygen atoms in total. The van der Waals surface area contributed by atoms with E-state index in [1.807, 2.05) is 30.3 Å². The topological polar surface area (TPSA) is 102 Å². The highest BCUT2D eigenvalue weighted by molar-refractivity contribution is 5.94. The van der Waals surface area contributed by atoms with E-state index in [0.717, 1.165) is 5.56 Å². The summed E-state index contributed by atoms with van der Waals surface area (Å²) in [5.41, 5.74) is 1.10. The molecule has 1 amide bonds. The molecule has 1 heterocycles. The summed E-state index contributed by atoms with van der Waals surface area (Å²) in [4.78, 5) is 28.2. The van der Waals surface area contributed by atoms with E-state index in [2.05, 4.69) is 10.1 Å². The number of hydrogen-bond acceptors (Lipinski definition) is 6. The van der Waals surface area contributed by atoms with Crippen LogP contribution in [0.5, 0.6) is 0 Å². The van der Waals surface area contributed by atoms with Gasteiger partial charge in [-0.25, -0.2) is 0 Å². The Labute approximate surface area is 142 Å². The number of amides is 1. The first-order chi connectivity index (χ1) is 12.0. The number of rotatable bonds is 5. The molecular weight excluding hydrogens is 324 g/mol. The van der Waals surface area contributed by atoms with Crippen LogP contribution < -0.4 is 0 Å². The molecule has 0 aliphatic carbocycles. The van der Waals surface area contributed by atoms with E-state index in [1.165, 1.54) is 29.2 Å². The van der Waals surface area contributed by atoms with Crippen LogP contribution in [0.25, 0.3) is 11.4 Å². The van der Waals surface area contributed by atoms with Gasteiger partial charge >= 0.3 is 0 Å². The molecule has 0 bridgehead atoms. The zero-order valence-electron chi connectivity index (χ0n) is 13.3. The zero-order valence-corrected chi connectivity index (χ0v) is 13.3. The Kier molecular flexibility index (Phi) is 4.51. The number of benzene rings is 2. The molecule has 0 saturated carbocycles. The maximum Gasteiger partial charge on any atom is 0.269 e. The summed E-state index contributed by atoms with van der Waals surface area (Å²) < 4.78 is 5.18. The molecule has 25 heavy (non-hydrogen) atoms. The van der Waals surface area contributed by atoms with Gasteiger partial charge in [-0.1, -0.05) is 35.5 Å². The van der Waals surface area contributed by atoms with Gasteiger partial charge in [-0.15, -0.1) is 0 Å². The van der Waals surface area contributed by atoms with Gasteiger partial charge in [0, 0.05) is 30.3 Å². The smallest absolute Gasteiger partial charge is 0.269 e. The van der Waals surface area contributed by atoms with E-state index in [1.54, 1.807) is 7.05 Å². The minimum atomic E-state index is -0.512. The van der Waals surface area contributed by atoms with Crippen LogP contribution in [0.4, 0.5) is 5.69 Å². The molecule has 0 atom stereocenters. The van der Waals surface area contributed by atoms with Crippen molar-refractivity contribution >= 4 is 11.6 Å². The van der Waals surface area contributed by atoms with Crippen molar-refractivity contribution in [1.82, 2.24) is 15.0 Å². The van der Waals surface area contributed by atoms with Gasteiger partial charge in [0.05, 0.1) is 11.5 Å². The maximum absolute atomic E-state index is 12.4. The lowest BCUT2D eigenvalue weighted by atomic mass is 10.2. The van der Waals surface area contributed by atoms with Crippen LogP contribution in [0.2, 0.25) is 0 Å². The molecule has 0 N–H and O–H groups in total. The summed E-state index contributed by atoms with van der Waals surface area (Å²) in [7, 11) is 1.59. The van der Waals surface area contributed by atoms with E-state index in [4.69, 9.17) is 4.52 Å². The van der Waals surface area contributed by atoms with Crippen LogP contribution in [0.3, 0.4) is 0 Å². The first kappa shape index (κ1) is 16.3. The van der Waals surface area contributed by atoms with Gasteiger partial charge < -0.3 is 9.42 Å². The lowest BCUT2D eigenvalue weighted by molar-refractivity contribution is -0.384. The largest absolute Gasteiger partial charge is 0.337 e. The molecule has 0 aliphatic heterocycles. The number of nitro benzene ring substituents is 1. The van der Waals surface area contributed by atoms with Gasteiger partial charge in [0.15, 0.2) is 0 Å². The van der Waals surface area contributed by atoms with Crippen molar-refractivity contribution < 1.29 is 14.2 Å². The predicted octanol–water partition coefficient (Wildman–Crippen LogP) is 2.92. The number of carbonyl (C=O) groups is 1. The fourth-order valence-electron chi connectivity index (χ4n) is 2.24. The Morgan fingerprint density at radius 1 is 1.16 bits per heavy atom.